The Bertz CT molecular complexity index is 4080. The molecule has 4 bridgehead atoms. The van der Waals surface area contributed by atoms with Crippen molar-refractivity contribution in [3.05, 3.63) is 92.7 Å². The number of phenolic OH excluding ortho intramolecular Hbond substituents is 2. The molecule has 2 aromatic heterocycles. The summed E-state index contributed by atoms with van der Waals surface area (Å²) in [5, 5.41) is 35.2. The SMILES string of the molecule is O=C(OCC1CCC2(COc3nc4c5c(n3)N3CC6CCC(N6)C3COC5CN(c3cc(O)cc5c(COCC6CCC7(COc8nc9c%10c(n8)N8CC%11CCC(N%11)C8COC%10CN(c8cc(O)cc%10cccc(Cl)c8%10)C9)CCCN67)ccc(Cl)c35)C4)CCCN12)N1CCCC1. The van der Waals surface area contributed by atoms with Gasteiger partial charge in [0.15, 0.2) is 0 Å². The van der Waals surface area contributed by atoms with Crippen LogP contribution in [-0.4, -0.2) is 202 Å². The number of piperazine rings is 2. The van der Waals surface area contributed by atoms with E-state index in [0.29, 0.717) is 119 Å². The summed E-state index contributed by atoms with van der Waals surface area (Å²) < 4.78 is 40.6. The molecule has 4 N–H and O–H groups in total. The number of aromatic nitrogens is 4. The van der Waals surface area contributed by atoms with Crippen LogP contribution in [0.15, 0.2) is 54.6 Å². The third-order valence-corrected chi connectivity index (χ3v) is 25.3. The van der Waals surface area contributed by atoms with E-state index in [-0.39, 0.29) is 65.0 Å². The zero-order valence-corrected chi connectivity index (χ0v) is 55.8. The fraction of sp³-hybridized carbons (Fsp3) is 0.597. The van der Waals surface area contributed by atoms with Crippen LogP contribution in [0.1, 0.15) is 130 Å². The molecule has 0 saturated carbocycles. The molecule has 9 fully saturated rings. The molecule has 15 heterocycles. The highest BCUT2D eigenvalue weighted by Crippen LogP contribution is 2.51. The van der Waals surface area contributed by atoms with E-state index in [0.717, 1.165) is 202 Å². The van der Waals surface area contributed by atoms with Gasteiger partial charge in [-0.2, -0.15) is 19.9 Å². The number of benzene rings is 4. The normalized spacial score (nSPS) is 31.7. The van der Waals surface area contributed by atoms with Crippen molar-refractivity contribution in [2.75, 3.05) is 112 Å². The van der Waals surface area contributed by atoms with Crippen molar-refractivity contribution in [1.29, 1.82) is 0 Å². The molecule has 1 amide bonds. The topological polar surface area (TPSA) is 211 Å². The Kier molecular flexibility index (Phi) is 15.1. The lowest BCUT2D eigenvalue weighted by Gasteiger charge is -2.41. The maximum absolute atomic E-state index is 13.0. The fourth-order valence-corrected chi connectivity index (χ4v) is 20.7. The first-order valence-electron chi connectivity index (χ1n) is 35.7. The Morgan fingerprint density at radius 3 is 1.80 bits per heavy atom. The summed E-state index contributed by atoms with van der Waals surface area (Å²) in [5.74, 6) is 2.16. The van der Waals surface area contributed by atoms with Gasteiger partial charge in [0, 0.05) is 110 Å². The van der Waals surface area contributed by atoms with Crippen molar-refractivity contribution in [3.8, 4) is 23.5 Å². The van der Waals surface area contributed by atoms with Gasteiger partial charge < -0.3 is 73.8 Å². The molecule has 9 saturated heterocycles. The van der Waals surface area contributed by atoms with Crippen LogP contribution in [0.25, 0.3) is 21.5 Å². The largest absolute Gasteiger partial charge is 0.508 e. The number of hydrogen-bond donors (Lipinski definition) is 4. The standard InChI is InChI=1S/C72H85Cl2N13O9/c73-50-7-3-6-41-24-47(88)26-56(62(41)50)82-30-54-64-60(32-82)92-37-58-52-12-9-43(75-52)28-84(58)66(64)79-68(77-54)95-39-71-16-4-22-86(71)45(14-18-71)35-91-34-42-8-11-51(74)63-49(42)25-48(89)27-57(63)83-31-55-65-61(33-83)93-38-59-53-13-10-44(76-53)29-85(59)67(65)80-69(78-55)96-40-72-17-5-23-87(72)46(15-19-72)36-94-70(90)81-20-1-2-21-81/h3,6-8,11,24-27,43-46,52-53,58-61,75-76,88-89H,1-2,4-5,9-10,12-23,28-40H2. The maximum atomic E-state index is 13.0. The molecule has 13 aliphatic heterocycles. The number of rotatable bonds is 14. The average molecular weight is 1350 g/mol. The number of aromatic hydroxyl groups is 2. The Balaban J connectivity index is 0.563. The summed E-state index contributed by atoms with van der Waals surface area (Å²) in [7, 11) is 0. The smallest absolute Gasteiger partial charge is 0.409 e. The van der Waals surface area contributed by atoms with E-state index in [1.807, 2.05) is 53.4 Å². The third kappa shape index (κ3) is 10.3. The first-order valence-corrected chi connectivity index (χ1v) is 36.4. The second-order valence-electron chi connectivity index (χ2n) is 30.0. The van der Waals surface area contributed by atoms with Gasteiger partial charge in [0.2, 0.25) is 0 Å². The van der Waals surface area contributed by atoms with Crippen molar-refractivity contribution in [1.82, 2.24) is 45.3 Å². The van der Waals surface area contributed by atoms with Crippen LogP contribution >= 0.6 is 23.2 Å². The van der Waals surface area contributed by atoms with Gasteiger partial charge in [0.05, 0.1) is 95.5 Å². The van der Waals surface area contributed by atoms with Crippen LogP contribution in [-0.2, 0) is 38.6 Å². The van der Waals surface area contributed by atoms with Gasteiger partial charge in [-0.3, -0.25) is 9.80 Å². The van der Waals surface area contributed by atoms with Crippen molar-refractivity contribution in [2.45, 2.75) is 181 Å². The third-order valence-electron chi connectivity index (χ3n) is 24.7. The van der Waals surface area contributed by atoms with Crippen LogP contribution in [0.5, 0.6) is 23.5 Å². The van der Waals surface area contributed by atoms with Crippen LogP contribution in [0, 0.1) is 0 Å². The predicted molar refractivity (Wildman–Crippen MR) is 363 cm³/mol. The molecule has 24 heteroatoms. The van der Waals surface area contributed by atoms with Crippen LogP contribution in [0.2, 0.25) is 10.0 Å². The summed E-state index contributed by atoms with van der Waals surface area (Å²) >= 11 is 14.3. The Labute approximate surface area is 568 Å². The van der Waals surface area contributed by atoms with Gasteiger partial charge in [-0.25, -0.2) is 4.79 Å². The van der Waals surface area contributed by atoms with Crippen molar-refractivity contribution >= 4 is 73.9 Å². The number of anilines is 4. The van der Waals surface area contributed by atoms with Crippen molar-refractivity contribution in [3.63, 3.8) is 0 Å². The molecule has 22 nitrogen and oxygen atoms in total. The minimum Gasteiger partial charge on any atom is -0.508 e. The highest BCUT2D eigenvalue weighted by molar-refractivity contribution is 6.37. The van der Waals surface area contributed by atoms with Gasteiger partial charge in [-0.05, 0) is 144 Å². The molecule has 506 valence electrons. The summed E-state index contributed by atoms with van der Waals surface area (Å²) in [6, 6.07) is 19.7. The minimum absolute atomic E-state index is 0.108. The van der Waals surface area contributed by atoms with Crippen molar-refractivity contribution in [2.24, 2.45) is 0 Å². The maximum Gasteiger partial charge on any atom is 0.409 e. The van der Waals surface area contributed by atoms with Crippen LogP contribution < -0.4 is 39.7 Å². The lowest BCUT2D eigenvalue weighted by atomic mass is 9.95. The predicted octanol–water partition coefficient (Wildman–Crippen LogP) is 9.29. The number of ether oxygens (including phenoxy) is 6. The first-order chi connectivity index (χ1) is 46.9. The number of carbonyl (C=O) groups is 1. The molecule has 0 radical (unpaired) electrons. The van der Waals surface area contributed by atoms with Gasteiger partial charge in [0.25, 0.3) is 0 Å². The van der Waals surface area contributed by atoms with E-state index in [1.54, 1.807) is 6.07 Å². The number of hydrogen-bond acceptors (Lipinski definition) is 21. The van der Waals surface area contributed by atoms with E-state index < -0.39 is 0 Å². The molecular formula is C72H85Cl2N13O9. The number of fused-ring (bicyclic) bond motifs is 14. The summed E-state index contributed by atoms with van der Waals surface area (Å²) in [4.78, 5) is 50.8. The van der Waals surface area contributed by atoms with Gasteiger partial charge in [-0.1, -0.05) is 41.4 Å². The van der Waals surface area contributed by atoms with Gasteiger partial charge in [0.1, 0.15) is 55.2 Å². The second-order valence-corrected chi connectivity index (χ2v) is 30.8. The lowest BCUT2D eigenvalue weighted by Crippen LogP contribution is -2.59. The minimum atomic E-state index is -0.341. The zero-order chi connectivity index (χ0) is 64.1. The fourth-order valence-electron chi connectivity index (χ4n) is 20.1. The second kappa shape index (κ2) is 23.9. The van der Waals surface area contributed by atoms with E-state index >= 15 is 0 Å². The molecule has 12 unspecified atom stereocenters. The monoisotopic (exact) mass is 1350 g/mol. The molecule has 19 rings (SSSR count). The molecule has 4 aromatic carbocycles. The van der Waals surface area contributed by atoms with E-state index in [2.05, 4.69) is 40.0 Å². The highest BCUT2D eigenvalue weighted by Gasteiger charge is 2.54. The first kappa shape index (κ1) is 60.7. The summed E-state index contributed by atoms with van der Waals surface area (Å²) in [6.07, 6.45) is 13.7. The Hall–Kier alpha value is -6.47. The number of halogens is 2. The summed E-state index contributed by atoms with van der Waals surface area (Å²) in [5.41, 5.74) is 6.00. The van der Waals surface area contributed by atoms with Gasteiger partial charge in [-0.15, -0.1) is 0 Å². The lowest BCUT2D eigenvalue weighted by molar-refractivity contribution is 0.0308. The molecule has 96 heavy (non-hydrogen) atoms. The number of nitrogens with one attached hydrogen (secondary N) is 2. The van der Waals surface area contributed by atoms with E-state index in [1.165, 1.54) is 0 Å². The molecule has 13 aliphatic rings. The number of amides is 1. The van der Waals surface area contributed by atoms with Gasteiger partial charge >= 0.3 is 18.1 Å². The Morgan fingerprint density at radius 1 is 0.615 bits per heavy atom. The number of carbonyl (C=O) groups excluding carboxylic acids is 1. The molecule has 6 aromatic rings. The summed E-state index contributed by atoms with van der Waals surface area (Å²) in [6.45, 7) is 10.4. The van der Waals surface area contributed by atoms with E-state index in [9.17, 15) is 15.0 Å². The average Bonchev–Trinajstić information content (AvgIpc) is 0.960. The number of likely N-dealkylation sites (tertiary alicyclic amines) is 1. The van der Waals surface area contributed by atoms with E-state index in [4.69, 9.17) is 71.6 Å². The highest BCUT2D eigenvalue weighted by atomic mass is 35.5. The molecule has 0 spiro atoms. The quantitative estimate of drug-likeness (QED) is 0.0800. The molecule has 0 aliphatic carbocycles. The van der Waals surface area contributed by atoms with Crippen LogP contribution in [0.3, 0.4) is 0 Å². The van der Waals surface area contributed by atoms with Crippen molar-refractivity contribution < 1.29 is 43.4 Å². The number of nitrogens with zero attached hydrogens (tertiary/aromatic N) is 11. The van der Waals surface area contributed by atoms with Crippen LogP contribution in [0.4, 0.5) is 27.8 Å². The zero-order valence-electron chi connectivity index (χ0n) is 54.3. The molecule has 12 atom stereocenters. The number of phenols is 2. The Morgan fingerprint density at radius 2 is 1.19 bits per heavy atom. The molecular weight excluding hydrogens is 1260 g/mol.